The van der Waals surface area contributed by atoms with E-state index in [2.05, 4.69) is 11.1 Å². The minimum absolute atomic E-state index is 0.123. The van der Waals surface area contributed by atoms with E-state index in [1.807, 2.05) is 6.92 Å². The maximum absolute atomic E-state index is 11.0. The number of anilines is 1. The summed E-state index contributed by atoms with van der Waals surface area (Å²) >= 11 is 0. The molecule has 1 aromatic heterocycles. The second-order valence-electron chi connectivity index (χ2n) is 4.36. The van der Waals surface area contributed by atoms with Crippen LogP contribution in [0.3, 0.4) is 0 Å². The van der Waals surface area contributed by atoms with Crippen molar-refractivity contribution in [2.75, 3.05) is 18.0 Å². The lowest BCUT2D eigenvalue weighted by Gasteiger charge is -2.26. The van der Waals surface area contributed by atoms with E-state index in [4.69, 9.17) is 5.11 Å². The number of carbonyl (C=O) groups is 1. The highest BCUT2D eigenvalue weighted by atomic mass is 16.6. The fourth-order valence-electron chi connectivity index (χ4n) is 2.03. The minimum Gasteiger partial charge on any atom is -0.477 e. The first-order valence-electron chi connectivity index (χ1n) is 5.78. The highest BCUT2D eigenvalue weighted by molar-refractivity contribution is 5.86. The summed E-state index contributed by atoms with van der Waals surface area (Å²) in [5.41, 5.74) is 0.732. The van der Waals surface area contributed by atoms with Gasteiger partial charge in [-0.15, -0.1) is 0 Å². The molecule has 7 heteroatoms. The van der Waals surface area contributed by atoms with E-state index in [0.29, 0.717) is 13.1 Å². The fraction of sp³-hybridized carbons (Fsp3) is 0.333. The molecule has 1 aliphatic heterocycles. The third-order valence-electron chi connectivity index (χ3n) is 2.90. The molecule has 0 aliphatic carbocycles. The lowest BCUT2D eigenvalue weighted by Crippen LogP contribution is -2.31. The molecule has 2 rings (SSSR count). The van der Waals surface area contributed by atoms with Gasteiger partial charge >= 0.3 is 11.7 Å². The summed E-state index contributed by atoms with van der Waals surface area (Å²) in [6.45, 7) is 3.05. The molecule has 0 spiro atoms. The molecule has 100 valence electrons. The van der Waals surface area contributed by atoms with E-state index in [1.165, 1.54) is 6.07 Å². The van der Waals surface area contributed by atoms with Gasteiger partial charge in [-0.05, 0) is 19.4 Å². The molecule has 1 aromatic rings. The molecule has 19 heavy (non-hydrogen) atoms. The van der Waals surface area contributed by atoms with Gasteiger partial charge in [0.15, 0.2) is 5.69 Å². The van der Waals surface area contributed by atoms with Crippen LogP contribution in [0.5, 0.6) is 0 Å². The zero-order valence-corrected chi connectivity index (χ0v) is 10.4. The highest BCUT2D eigenvalue weighted by Crippen LogP contribution is 2.28. The highest BCUT2D eigenvalue weighted by Gasteiger charge is 2.24. The predicted octanol–water partition coefficient (Wildman–Crippen LogP) is 1.84. The van der Waals surface area contributed by atoms with Gasteiger partial charge in [-0.1, -0.05) is 11.6 Å². The third-order valence-corrected chi connectivity index (χ3v) is 2.90. The van der Waals surface area contributed by atoms with Gasteiger partial charge in [0.05, 0.1) is 4.92 Å². The molecule has 0 fully saturated rings. The zero-order valence-electron chi connectivity index (χ0n) is 10.4. The number of aromatic nitrogens is 1. The second-order valence-corrected chi connectivity index (χ2v) is 4.36. The molecule has 1 aliphatic rings. The maximum atomic E-state index is 11.0. The largest absolute Gasteiger partial charge is 0.477 e. The van der Waals surface area contributed by atoms with Gasteiger partial charge in [-0.3, -0.25) is 10.1 Å². The van der Waals surface area contributed by atoms with Crippen molar-refractivity contribution in [1.82, 2.24) is 4.98 Å². The summed E-state index contributed by atoms with van der Waals surface area (Å²) in [4.78, 5) is 27.0. The molecule has 0 unspecified atom stereocenters. The smallest absolute Gasteiger partial charge is 0.354 e. The maximum Gasteiger partial charge on any atom is 0.354 e. The Bertz CT molecular complexity index is 568. The first-order chi connectivity index (χ1) is 8.99. The van der Waals surface area contributed by atoms with Crippen molar-refractivity contribution in [1.29, 1.82) is 0 Å². The minimum atomic E-state index is -1.19. The van der Waals surface area contributed by atoms with E-state index in [-0.39, 0.29) is 17.2 Å². The van der Waals surface area contributed by atoms with Crippen LogP contribution in [0.4, 0.5) is 11.5 Å². The van der Waals surface area contributed by atoms with E-state index >= 15 is 0 Å². The molecule has 1 N–H and O–H groups in total. The van der Waals surface area contributed by atoms with Crippen molar-refractivity contribution >= 4 is 17.5 Å². The van der Waals surface area contributed by atoms with Gasteiger partial charge in [0.2, 0.25) is 5.82 Å². The third kappa shape index (κ3) is 2.70. The van der Waals surface area contributed by atoms with Crippen LogP contribution in [0.25, 0.3) is 0 Å². The SMILES string of the molecule is CC1=CCCN(c2nc(C(=O)O)ccc2[N+](=O)[O-])C1. The monoisotopic (exact) mass is 263 g/mol. The molecule has 7 nitrogen and oxygen atoms in total. The number of nitro groups is 1. The lowest BCUT2D eigenvalue weighted by atomic mass is 10.1. The van der Waals surface area contributed by atoms with Crippen molar-refractivity contribution < 1.29 is 14.8 Å². The summed E-state index contributed by atoms with van der Waals surface area (Å²) < 4.78 is 0. The van der Waals surface area contributed by atoms with Crippen LogP contribution in [0, 0.1) is 10.1 Å². The van der Waals surface area contributed by atoms with Crippen molar-refractivity contribution in [3.05, 3.63) is 39.6 Å². The lowest BCUT2D eigenvalue weighted by molar-refractivity contribution is -0.384. The molecule has 0 saturated carbocycles. The quantitative estimate of drug-likeness (QED) is 0.507. The molecular formula is C12H13N3O4. The van der Waals surface area contributed by atoms with Gasteiger partial charge in [-0.2, -0.15) is 0 Å². The number of carboxylic acid groups (broad SMARTS) is 1. The predicted molar refractivity (Wildman–Crippen MR) is 68.4 cm³/mol. The number of pyridine rings is 1. The Kier molecular flexibility index (Phi) is 3.46. The number of hydrogen-bond acceptors (Lipinski definition) is 5. The summed E-state index contributed by atoms with van der Waals surface area (Å²) in [7, 11) is 0. The second kappa shape index (κ2) is 5.05. The van der Waals surface area contributed by atoms with Crippen LogP contribution in [0.15, 0.2) is 23.8 Å². The molecule has 0 radical (unpaired) electrons. The summed E-state index contributed by atoms with van der Waals surface area (Å²) in [6, 6.07) is 2.34. The standard InChI is InChI=1S/C12H13N3O4/c1-8-3-2-6-14(7-8)11-10(15(18)19)5-4-9(13-11)12(16)17/h3-5H,2,6-7H2,1H3,(H,16,17). The number of hydrogen-bond donors (Lipinski definition) is 1. The van der Waals surface area contributed by atoms with E-state index < -0.39 is 10.9 Å². The molecule has 0 saturated heterocycles. The fourth-order valence-corrected chi connectivity index (χ4v) is 2.03. The van der Waals surface area contributed by atoms with Crippen molar-refractivity contribution in [2.45, 2.75) is 13.3 Å². The van der Waals surface area contributed by atoms with Crippen molar-refractivity contribution in [3.63, 3.8) is 0 Å². The zero-order chi connectivity index (χ0) is 14.0. The van der Waals surface area contributed by atoms with E-state index in [1.54, 1.807) is 4.90 Å². The Morgan fingerprint density at radius 1 is 1.53 bits per heavy atom. The van der Waals surface area contributed by atoms with Crippen LogP contribution in [-0.2, 0) is 0 Å². The van der Waals surface area contributed by atoms with Crippen LogP contribution in [-0.4, -0.2) is 34.1 Å². The molecule has 0 bridgehead atoms. The first kappa shape index (κ1) is 13.0. The summed E-state index contributed by atoms with van der Waals surface area (Å²) in [5.74, 6) is -1.07. The van der Waals surface area contributed by atoms with Crippen molar-refractivity contribution in [2.24, 2.45) is 0 Å². The van der Waals surface area contributed by atoms with Gasteiger partial charge < -0.3 is 10.0 Å². The Balaban J connectivity index is 2.46. The topological polar surface area (TPSA) is 96.6 Å². The Labute approximate surface area is 109 Å². The number of aromatic carboxylic acids is 1. The number of carboxylic acids is 1. The summed E-state index contributed by atoms with van der Waals surface area (Å²) in [5, 5.41) is 19.9. The molecule has 0 aromatic carbocycles. The number of nitrogens with zero attached hydrogens (tertiary/aromatic N) is 3. The van der Waals surface area contributed by atoms with Gasteiger partial charge in [0.25, 0.3) is 0 Å². The van der Waals surface area contributed by atoms with Crippen LogP contribution in [0.2, 0.25) is 0 Å². The number of rotatable bonds is 3. The van der Waals surface area contributed by atoms with Crippen LogP contribution in [0.1, 0.15) is 23.8 Å². The molecule has 0 amide bonds. The van der Waals surface area contributed by atoms with E-state index in [0.717, 1.165) is 18.1 Å². The summed E-state index contributed by atoms with van der Waals surface area (Å²) in [6.07, 6.45) is 2.82. The Hall–Kier alpha value is -2.44. The average Bonchev–Trinajstić information content (AvgIpc) is 2.37. The molecule has 0 atom stereocenters. The molecular weight excluding hydrogens is 250 g/mol. The van der Waals surface area contributed by atoms with Gasteiger partial charge in [-0.25, -0.2) is 9.78 Å². The first-order valence-corrected chi connectivity index (χ1v) is 5.78. The van der Waals surface area contributed by atoms with E-state index in [9.17, 15) is 14.9 Å². The normalized spacial score (nSPS) is 15.0. The van der Waals surface area contributed by atoms with Gasteiger partial charge in [0, 0.05) is 19.2 Å². The van der Waals surface area contributed by atoms with Gasteiger partial charge in [0.1, 0.15) is 0 Å². The van der Waals surface area contributed by atoms with Crippen LogP contribution >= 0.6 is 0 Å². The van der Waals surface area contributed by atoms with Crippen molar-refractivity contribution in [3.8, 4) is 0 Å². The Morgan fingerprint density at radius 2 is 2.26 bits per heavy atom. The Morgan fingerprint density at radius 3 is 2.84 bits per heavy atom. The molecule has 2 heterocycles. The average molecular weight is 263 g/mol. The van der Waals surface area contributed by atoms with Crippen LogP contribution < -0.4 is 4.90 Å².